The van der Waals surface area contributed by atoms with Crippen LogP contribution in [0.4, 0.5) is 19.0 Å². The van der Waals surface area contributed by atoms with Crippen molar-refractivity contribution in [1.82, 2.24) is 15.1 Å². The second-order valence-corrected chi connectivity index (χ2v) is 9.47. The van der Waals surface area contributed by atoms with E-state index < -0.39 is 11.7 Å². The quantitative estimate of drug-likeness (QED) is 0.375. The SMILES string of the molecule is CC(C(N)=O)C1CCN(c2ccc3cc(-c4noc(CCc5ccc(C(F)(F)F)cc5)n4)ccc3n2)C1. The Hall–Kier alpha value is -3.95. The maximum atomic E-state index is 12.7. The van der Waals surface area contributed by atoms with Crippen LogP contribution in [0.5, 0.6) is 0 Å². The second-order valence-electron chi connectivity index (χ2n) is 9.47. The highest BCUT2D eigenvalue weighted by molar-refractivity contribution is 5.84. The maximum absolute atomic E-state index is 12.7. The molecule has 0 bridgehead atoms. The van der Waals surface area contributed by atoms with E-state index in [2.05, 4.69) is 15.0 Å². The van der Waals surface area contributed by atoms with Crippen molar-refractivity contribution in [3.8, 4) is 11.4 Å². The largest absolute Gasteiger partial charge is 0.416 e. The Balaban J connectivity index is 1.24. The maximum Gasteiger partial charge on any atom is 0.416 e. The zero-order chi connectivity index (χ0) is 26.2. The summed E-state index contributed by atoms with van der Waals surface area (Å²) < 4.78 is 43.6. The molecule has 0 aliphatic carbocycles. The third-order valence-electron chi connectivity index (χ3n) is 7.01. The average Bonchev–Trinajstić information content (AvgIpc) is 3.56. The zero-order valence-electron chi connectivity index (χ0n) is 20.2. The number of aromatic nitrogens is 3. The van der Waals surface area contributed by atoms with Crippen molar-refractivity contribution < 1.29 is 22.5 Å². The van der Waals surface area contributed by atoms with Crippen LogP contribution >= 0.6 is 0 Å². The van der Waals surface area contributed by atoms with Crippen LogP contribution in [0, 0.1) is 11.8 Å². The summed E-state index contributed by atoms with van der Waals surface area (Å²) in [5.74, 6) is 1.51. The highest BCUT2D eigenvalue weighted by Gasteiger charge is 2.31. The van der Waals surface area contributed by atoms with E-state index in [9.17, 15) is 18.0 Å². The highest BCUT2D eigenvalue weighted by atomic mass is 19.4. The predicted octanol–water partition coefficient (Wildman–Crippen LogP) is 5.04. The van der Waals surface area contributed by atoms with Crippen LogP contribution in [-0.2, 0) is 23.8 Å². The van der Waals surface area contributed by atoms with Gasteiger partial charge in [-0.25, -0.2) is 4.98 Å². The minimum absolute atomic E-state index is 0.164. The number of rotatable bonds is 7. The summed E-state index contributed by atoms with van der Waals surface area (Å²) in [5.41, 5.74) is 7.18. The number of alkyl halides is 3. The summed E-state index contributed by atoms with van der Waals surface area (Å²) in [7, 11) is 0. The topological polar surface area (TPSA) is 98.1 Å². The van der Waals surface area contributed by atoms with E-state index >= 15 is 0 Å². The van der Waals surface area contributed by atoms with Gasteiger partial charge in [-0.2, -0.15) is 18.2 Å². The normalized spacial score (nSPS) is 16.9. The summed E-state index contributed by atoms with van der Waals surface area (Å²) in [6.07, 6.45) is -2.54. The number of primary amides is 1. The number of halogens is 3. The van der Waals surface area contributed by atoms with Crippen LogP contribution in [-0.4, -0.2) is 34.1 Å². The molecule has 10 heteroatoms. The Labute approximate surface area is 211 Å². The van der Waals surface area contributed by atoms with Crippen LogP contribution in [0.1, 0.15) is 30.4 Å². The number of carbonyl (C=O) groups excluding carboxylic acids is 1. The fraction of sp³-hybridized carbons (Fsp3) is 0.333. The molecule has 2 unspecified atom stereocenters. The highest BCUT2D eigenvalue weighted by Crippen LogP contribution is 2.31. The third kappa shape index (κ3) is 5.42. The van der Waals surface area contributed by atoms with Crippen LogP contribution < -0.4 is 10.6 Å². The zero-order valence-corrected chi connectivity index (χ0v) is 20.2. The van der Waals surface area contributed by atoms with Crippen molar-refractivity contribution in [2.45, 2.75) is 32.4 Å². The minimum Gasteiger partial charge on any atom is -0.369 e. The van der Waals surface area contributed by atoms with Crippen molar-refractivity contribution in [2.24, 2.45) is 17.6 Å². The standard InChI is InChI=1S/C27H26F3N5O2/c1-16(25(31)36)20-12-13-35(15-20)23-10-6-18-14-19(5-9-22(18)32-23)26-33-24(37-34-26)11-4-17-2-7-21(8-3-17)27(28,29)30/h2-3,5-10,14,16,20H,4,11-13,15H2,1H3,(H2,31,36). The van der Waals surface area contributed by atoms with Crippen LogP contribution in [0.15, 0.2) is 59.1 Å². The van der Waals surface area contributed by atoms with E-state index in [4.69, 9.17) is 15.2 Å². The number of carbonyl (C=O) groups is 1. The summed E-state index contributed by atoms with van der Waals surface area (Å²) in [6.45, 7) is 3.46. The first-order chi connectivity index (χ1) is 17.7. The van der Waals surface area contributed by atoms with E-state index in [0.29, 0.717) is 24.6 Å². The second kappa shape index (κ2) is 9.84. The third-order valence-corrected chi connectivity index (χ3v) is 7.01. The van der Waals surface area contributed by atoms with Crippen molar-refractivity contribution in [3.05, 3.63) is 71.6 Å². The van der Waals surface area contributed by atoms with Gasteiger partial charge in [0.1, 0.15) is 5.82 Å². The van der Waals surface area contributed by atoms with Crippen molar-refractivity contribution in [3.63, 3.8) is 0 Å². The van der Waals surface area contributed by atoms with Crippen molar-refractivity contribution >= 4 is 22.6 Å². The van der Waals surface area contributed by atoms with Gasteiger partial charge < -0.3 is 15.2 Å². The molecule has 3 heterocycles. The number of aryl methyl sites for hydroxylation is 2. The number of nitrogens with zero attached hydrogens (tertiary/aromatic N) is 4. The van der Waals surface area contributed by atoms with Crippen molar-refractivity contribution in [1.29, 1.82) is 0 Å². The van der Waals surface area contributed by atoms with Crippen LogP contribution in [0.3, 0.4) is 0 Å². The molecule has 2 N–H and O–H groups in total. The van der Waals surface area contributed by atoms with E-state index in [1.807, 2.05) is 37.3 Å². The Kier molecular flexibility index (Phi) is 6.57. The average molecular weight is 510 g/mol. The molecule has 0 radical (unpaired) electrons. The molecule has 2 aromatic carbocycles. The molecule has 2 aromatic heterocycles. The van der Waals surface area contributed by atoms with E-state index in [1.165, 1.54) is 12.1 Å². The number of nitrogens with two attached hydrogens (primary N) is 1. The molecule has 1 aliphatic heterocycles. The van der Waals surface area contributed by atoms with Crippen LogP contribution in [0.25, 0.3) is 22.3 Å². The van der Waals surface area contributed by atoms with Gasteiger partial charge in [-0.3, -0.25) is 4.79 Å². The summed E-state index contributed by atoms with van der Waals surface area (Å²) in [6, 6.07) is 14.8. The predicted molar refractivity (Wildman–Crippen MR) is 133 cm³/mol. The molecule has 1 saturated heterocycles. The van der Waals surface area contributed by atoms with Gasteiger partial charge in [-0.05, 0) is 66.8 Å². The summed E-state index contributed by atoms with van der Waals surface area (Å²) in [5, 5.41) is 5.00. The lowest BCUT2D eigenvalue weighted by Crippen LogP contribution is -2.30. The first kappa shape index (κ1) is 24.7. The molecule has 37 heavy (non-hydrogen) atoms. The van der Waals surface area contributed by atoms with Gasteiger partial charge in [0.2, 0.25) is 17.6 Å². The lowest BCUT2D eigenvalue weighted by Gasteiger charge is -2.19. The molecule has 1 aliphatic rings. The van der Waals surface area contributed by atoms with E-state index in [-0.39, 0.29) is 17.7 Å². The molecular weight excluding hydrogens is 483 g/mol. The number of hydrogen-bond donors (Lipinski definition) is 1. The fourth-order valence-corrected chi connectivity index (χ4v) is 4.65. The van der Waals surface area contributed by atoms with Gasteiger partial charge in [0.25, 0.3) is 0 Å². The van der Waals surface area contributed by atoms with Gasteiger partial charge in [-0.15, -0.1) is 0 Å². The summed E-state index contributed by atoms with van der Waals surface area (Å²) in [4.78, 5) is 23.0. The Morgan fingerprint density at radius 1 is 1.11 bits per heavy atom. The lowest BCUT2D eigenvalue weighted by atomic mass is 9.93. The lowest BCUT2D eigenvalue weighted by molar-refractivity contribution is -0.137. The summed E-state index contributed by atoms with van der Waals surface area (Å²) >= 11 is 0. The minimum atomic E-state index is -4.35. The van der Waals surface area contributed by atoms with E-state index in [1.54, 1.807) is 0 Å². The molecule has 192 valence electrons. The van der Waals surface area contributed by atoms with Crippen molar-refractivity contribution in [2.75, 3.05) is 18.0 Å². The number of pyridine rings is 1. The molecule has 2 atom stereocenters. The first-order valence-corrected chi connectivity index (χ1v) is 12.1. The van der Waals surface area contributed by atoms with Gasteiger partial charge in [0.15, 0.2) is 0 Å². The molecule has 0 saturated carbocycles. The van der Waals surface area contributed by atoms with Gasteiger partial charge in [0.05, 0.1) is 11.1 Å². The molecule has 4 aromatic rings. The fourth-order valence-electron chi connectivity index (χ4n) is 4.65. The Morgan fingerprint density at radius 3 is 2.62 bits per heavy atom. The molecule has 7 nitrogen and oxygen atoms in total. The van der Waals surface area contributed by atoms with Crippen LogP contribution in [0.2, 0.25) is 0 Å². The van der Waals surface area contributed by atoms with Gasteiger partial charge in [-0.1, -0.05) is 24.2 Å². The van der Waals surface area contributed by atoms with E-state index in [0.717, 1.165) is 59.5 Å². The monoisotopic (exact) mass is 509 g/mol. The molecular formula is C27H26F3N5O2. The Morgan fingerprint density at radius 2 is 1.89 bits per heavy atom. The first-order valence-electron chi connectivity index (χ1n) is 12.1. The molecule has 1 fully saturated rings. The van der Waals surface area contributed by atoms with Gasteiger partial charge >= 0.3 is 6.18 Å². The number of amides is 1. The Bertz CT molecular complexity index is 1420. The molecule has 5 rings (SSSR count). The van der Waals surface area contributed by atoms with Gasteiger partial charge in [0, 0.05) is 36.4 Å². The number of fused-ring (bicyclic) bond motifs is 1. The molecule has 0 spiro atoms. The number of benzene rings is 2. The number of hydrogen-bond acceptors (Lipinski definition) is 6. The molecule has 1 amide bonds. The number of anilines is 1. The smallest absolute Gasteiger partial charge is 0.369 e.